The summed E-state index contributed by atoms with van der Waals surface area (Å²) in [6.45, 7) is 13.4. The van der Waals surface area contributed by atoms with E-state index in [9.17, 15) is 0 Å². The van der Waals surface area contributed by atoms with Crippen LogP contribution in [0, 0.1) is 23.0 Å². The summed E-state index contributed by atoms with van der Waals surface area (Å²) >= 11 is 0. The van der Waals surface area contributed by atoms with Gasteiger partial charge in [0.15, 0.2) is 0 Å². The second-order valence-corrected chi connectivity index (χ2v) is 15.4. The third kappa shape index (κ3) is 7.08. The topological polar surface area (TPSA) is 51.6 Å². The van der Waals surface area contributed by atoms with E-state index in [0.717, 1.165) is 64.6 Å². The van der Waals surface area contributed by atoms with Crippen LogP contribution >= 0.6 is 0 Å². The number of hydrogen-bond acceptors (Lipinski definition) is 4. The van der Waals surface area contributed by atoms with Gasteiger partial charge in [0.1, 0.15) is 5.41 Å². The van der Waals surface area contributed by atoms with Crippen molar-refractivity contribution in [2.24, 2.45) is 10.8 Å². The first-order valence-electron chi connectivity index (χ1n) is 16.9. The van der Waals surface area contributed by atoms with E-state index in [1.807, 2.05) is 24.5 Å². The van der Waals surface area contributed by atoms with Gasteiger partial charge in [-0.15, -0.1) is 35.4 Å². The fourth-order valence-electron chi connectivity index (χ4n) is 7.03. The predicted octanol–water partition coefficient (Wildman–Crippen LogP) is 9.66. The number of nitrogens with zero attached hydrogens (tertiary/aromatic N) is 4. The minimum atomic E-state index is -0.753. The number of aromatic nitrogens is 4. The van der Waals surface area contributed by atoms with Crippen molar-refractivity contribution in [1.29, 1.82) is 0 Å². The molecule has 0 radical (unpaired) electrons. The van der Waals surface area contributed by atoms with Crippen molar-refractivity contribution >= 4 is 0 Å². The molecule has 0 amide bonds. The molecule has 1 aliphatic carbocycles. The van der Waals surface area contributed by atoms with E-state index >= 15 is 0 Å². The van der Waals surface area contributed by atoms with Gasteiger partial charge in [0, 0.05) is 0 Å². The molecule has 0 atom stereocenters. The first kappa shape index (κ1) is 34.6. The third-order valence-corrected chi connectivity index (χ3v) is 8.97. The van der Waals surface area contributed by atoms with Gasteiger partial charge in [-0.25, -0.2) is 0 Å². The molecule has 1 aliphatic rings. The first-order valence-corrected chi connectivity index (χ1v) is 16.9. The van der Waals surface area contributed by atoms with Crippen LogP contribution in [0.4, 0.5) is 0 Å². The van der Waals surface area contributed by atoms with E-state index in [1.54, 1.807) is 0 Å². The Labute approximate surface area is 305 Å². The number of hydrogen-bond donors (Lipinski definition) is 0. The average molecular weight is 822 g/mol. The SMILES string of the molecule is CC(C)(C)Cc1c[c-]c(-c2cccc(C3(c4cccc(-c5[c-]cc(CC(C)(C)C)nc5)n4)c4ccccc4Cc4ccccc43)n2)cn1.[Pt+2]. The van der Waals surface area contributed by atoms with Gasteiger partial charge in [-0.2, -0.15) is 0 Å². The van der Waals surface area contributed by atoms with E-state index in [4.69, 9.17) is 19.9 Å². The Morgan fingerprint density at radius 2 is 1.00 bits per heavy atom. The van der Waals surface area contributed by atoms with E-state index in [0.29, 0.717) is 0 Å². The number of rotatable bonds is 6. The van der Waals surface area contributed by atoms with Crippen molar-refractivity contribution in [3.8, 4) is 22.5 Å². The Balaban J connectivity index is 0.00000417. The molecule has 0 spiro atoms. The molecule has 0 aliphatic heterocycles. The molecule has 4 nitrogen and oxygen atoms in total. The van der Waals surface area contributed by atoms with E-state index in [-0.39, 0.29) is 31.9 Å². The average Bonchev–Trinajstić information content (AvgIpc) is 3.06. The summed E-state index contributed by atoms with van der Waals surface area (Å²) in [7, 11) is 0. The molecule has 7 rings (SSSR count). The van der Waals surface area contributed by atoms with E-state index in [1.165, 1.54) is 22.3 Å². The zero-order chi connectivity index (χ0) is 33.5. The number of pyridine rings is 4. The Hall–Kier alpha value is -4.27. The van der Waals surface area contributed by atoms with Crippen molar-refractivity contribution in [3.05, 3.63) is 167 Å². The molecule has 0 N–H and O–H groups in total. The van der Waals surface area contributed by atoms with Gasteiger partial charge < -0.3 is 9.97 Å². The van der Waals surface area contributed by atoms with Crippen LogP contribution in [0.15, 0.2) is 109 Å². The van der Waals surface area contributed by atoms with Gasteiger partial charge in [-0.1, -0.05) is 127 Å². The summed E-state index contributed by atoms with van der Waals surface area (Å²) in [6, 6.07) is 41.1. The maximum Gasteiger partial charge on any atom is 2.00 e. The van der Waals surface area contributed by atoms with Gasteiger partial charge in [-0.05, 0) is 87.3 Å². The molecular weight excluding hydrogens is 780 g/mol. The van der Waals surface area contributed by atoms with Crippen LogP contribution in [-0.4, -0.2) is 19.9 Å². The summed E-state index contributed by atoms with van der Waals surface area (Å²) in [6.07, 6.45) is 6.46. The molecule has 5 heteroatoms. The monoisotopic (exact) mass is 821 g/mol. The Morgan fingerprint density at radius 1 is 0.571 bits per heavy atom. The summed E-state index contributed by atoms with van der Waals surface area (Å²) in [5.41, 5.74) is 11.8. The van der Waals surface area contributed by atoms with Crippen LogP contribution in [0.3, 0.4) is 0 Å². The molecule has 49 heavy (non-hydrogen) atoms. The van der Waals surface area contributed by atoms with Crippen molar-refractivity contribution in [1.82, 2.24) is 19.9 Å². The van der Waals surface area contributed by atoms with Gasteiger partial charge in [0.05, 0.1) is 11.4 Å². The summed E-state index contributed by atoms with van der Waals surface area (Å²) in [5, 5.41) is 0. The molecule has 0 fully saturated rings. The van der Waals surface area contributed by atoms with Crippen LogP contribution < -0.4 is 0 Å². The quantitative estimate of drug-likeness (QED) is 0.157. The molecule has 0 saturated carbocycles. The van der Waals surface area contributed by atoms with Gasteiger partial charge >= 0.3 is 21.1 Å². The Kier molecular flexibility index (Phi) is 9.57. The van der Waals surface area contributed by atoms with Crippen LogP contribution in [0.2, 0.25) is 0 Å². The molecule has 0 unspecified atom stereocenters. The molecule has 4 heterocycles. The number of benzene rings is 2. The Morgan fingerprint density at radius 3 is 1.39 bits per heavy atom. The van der Waals surface area contributed by atoms with Crippen LogP contribution in [0.1, 0.15) is 86.6 Å². The molecule has 2 aromatic carbocycles. The molecule has 248 valence electrons. The minimum absolute atomic E-state index is 0. The smallest absolute Gasteiger partial charge is 0.356 e. The standard InChI is InChI=1S/C44H42N4.Pt/c1-42(2,3)26-34-23-21-32(28-45-34)38-17-11-19-40(47-38)44(36-15-9-7-13-30(36)25-31-14-8-10-16-37(31)44)41-20-12-18-39(48-41)33-22-24-35(46-29-33)27-43(4,5)6;/h7-20,23-24,28-29H,25-27H2,1-6H3;/q-2;+2. The number of fused-ring (bicyclic) bond motifs is 2. The van der Waals surface area contributed by atoms with Crippen molar-refractivity contribution in [2.45, 2.75) is 66.2 Å². The molecule has 4 aromatic heterocycles. The zero-order valence-corrected chi connectivity index (χ0v) is 31.4. The Bertz CT molecular complexity index is 1920. The van der Waals surface area contributed by atoms with Crippen LogP contribution in [0.25, 0.3) is 22.5 Å². The maximum atomic E-state index is 5.43. The van der Waals surface area contributed by atoms with Crippen molar-refractivity contribution < 1.29 is 21.1 Å². The molecular formula is C44H42N4Pt. The van der Waals surface area contributed by atoms with Crippen LogP contribution in [-0.2, 0) is 45.7 Å². The summed E-state index contributed by atoms with van der Waals surface area (Å²) < 4.78 is 0. The van der Waals surface area contributed by atoms with E-state index < -0.39 is 5.41 Å². The second kappa shape index (κ2) is 13.6. The molecule has 0 bridgehead atoms. The zero-order valence-electron chi connectivity index (χ0n) is 29.1. The normalized spacial score (nSPS) is 13.6. The fourth-order valence-corrected chi connectivity index (χ4v) is 7.03. The largest absolute Gasteiger partial charge is 2.00 e. The third-order valence-electron chi connectivity index (χ3n) is 8.97. The van der Waals surface area contributed by atoms with Gasteiger partial charge in [-0.3, -0.25) is 9.97 Å². The van der Waals surface area contributed by atoms with Gasteiger partial charge in [0.25, 0.3) is 0 Å². The predicted molar refractivity (Wildman–Crippen MR) is 194 cm³/mol. The second-order valence-electron chi connectivity index (χ2n) is 15.4. The maximum absolute atomic E-state index is 5.43. The van der Waals surface area contributed by atoms with Gasteiger partial charge in [0.2, 0.25) is 0 Å². The first-order chi connectivity index (χ1) is 23.0. The van der Waals surface area contributed by atoms with Crippen molar-refractivity contribution in [2.75, 3.05) is 0 Å². The van der Waals surface area contributed by atoms with Crippen LogP contribution in [0.5, 0.6) is 0 Å². The van der Waals surface area contributed by atoms with Crippen molar-refractivity contribution in [3.63, 3.8) is 0 Å². The molecule has 6 aromatic rings. The fraction of sp³-hybridized carbons (Fsp3) is 0.273. The summed E-state index contributed by atoms with van der Waals surface area (Å²) in [5.74, 6) is 0. The minimum Gasteiger partial charge on any atom is -0.356 e. The summed E-state index contributed by atoms with van der Waals surface area (Å²) in [4.78, 5) is 20.5. The molecule has 0 saturated heterocycles. The van der Waals surface area contributed by atoms with E-state index in [2.05, 4.69) is 139 Å².